The molecule has 1 aromatic heterocycles. The summed E-state index contributed by atoms with van der Waals surface area (Å²) in [6.07, 6.45) is 0.777. The predicted molar refractivity (Wildman–Crippen MR) is 83.3 cm³/mol. The van der Waals surface area contributed by atoms with Gasteiger partial charge in [-0.15, -0.1) is 0 Å². The van der Waals surface area contributed by atoms with Crippen LogP contribution in [0.15, 0.2) is 12.1 Å². The Hall–Kier alpha value is -1.82. The highest BCUT2D eigenvalue weighted by atomic mass is 32.1. The largest absolute Gasteiger partial charge is 0.486 e. The van der Waals surface area contributed by atoms with E-state index in [9.17, 15) is 4.79 Å². The first kappa shape index (κ1) is 14.1. The lowest BCUT2D eigenvalue weighted by molar-refractivity contribution is -0.124. The Morgan fingerprint density at radius 2 is 2.00 bits per heavy atom. The summed E-state index contributed by atoms with van der Waals surface area (Å²) in [6.45, 7) is 6.97. The molecule has 0 saturated heterocycles. The van der Waals surface area contributed by atoms with E-state index >= 15 is 0 Å². The summed E-state index contributed by atoms with van der Waals surface area (Å²) in [6, 6.07) is 3.78. The Labute approximate surface area is 127 Å². The second-order valence-corrected chi connectivity index (χ2v) is 6.70. The van der Waals surface area contributed by atoms with E-state index in [0.29, 0.717) is 24.1 Å². The molecule has 21 heavy (non-hydrogen) atoms. The lowest BCUT2D eigenvalue weighted by Gasteiger charge is -2.20. The SMILES string of the molecule is CCC(C)(C)C(=O)Nc1nc2cc3c(cc2s1)OCCO3. The van der Waals surface area contributed by atoms with E-state index in [-0.39, 0.29) is 5.91 Å². The summed E-state index contributed by atoms with van der Waals surface area (Å²) < 4.78 is 12.1. The summed E-state index contributed by atoms with van der Waals surface area (Å²) >= 11 is 1.45. The molecule has 0 fully saturated rings. The minimum Gasteiger partial charge on any atom is -0.486 e. The van der Waals surface area contributed by atoms with Crippen LogP contribution < -0.4 is 14.8 Å². The van der Waals surface area contributed by atoms with Gasteiger partial charge >= 0.3 is 0 Å². The third-order valence-corrected chi connectivity index (χ3v) is 4.71. The summed E-state index contributed by atoms with van der Waals surface area (Å²) in [5.74, 6) is 1.44. The zero-order chi connectivity index (χ0) is 15.0. The van der Waals surface area contributed by atoms with Crippen LogP contribution in [0.2, 0.25) is 0 Å². The van der Waals surface area contributed by atoms with Gasteiger partial charge in [0.1, 0.15) is 13.2 Å². The summed E-state index contributed by atoms with van der Waals surface area (Å²) in [7, 11) is 0. The molecule has 1 aliphatic rings. The average Bonchev–Trinajstić information content (AvgIpc) is 2.85. The second-order valence-electron chi connectivity index (χ2n) is 5.67. The number of ether oxygens (including phenoxy) is 2. The van der Waals surface area contributed by atoms with E-state index in [1.54, 1.807) is 0 Å². The van der Waals surface area contributed by atoms with Crippen LogP contribution in [-0.2, 0) is 4.79 Å². The van der Waals surface area contributed by atoms with Crippen LogP contribution in [0.1, 0.15) is 27.2 Å². The van der Waals surface area contributed by atoms with Crippen molar-refractivity contribution in [1.82, 2.24) is 4.98 Å². The molecular weight excluding hydrogens is 288 g/mol. The molecule has 2 aromatic rings. The molecule has 0 atom stereocenters. The van der Waals surface area contributed by atoms with E-state index in [1.165, 1.54) is 11.3 Å². The maximum absolute atomic E-state index is 12.2. The molecule has 0 aliphatic carbocycles. The van der Waals surface area contributed by atoms with Crippen LogP contribution in [-0.4, -0.2) is 24.1 Å². The third-order valence-electron chi connectivity index (χ3n) is 3.77. The maximum atomic E-state index is 12.2. The summed E-state index contributed by atoms with van der Waals surface area (Å²) in [4.78, 5) is 16.7. The number of aromatic nitrogens is 1. The smallest absolute Gasteiger partial charge is 0.231 e. The van der Waals surface area contributed by atoms with Gasteiger partial charge in [-0.25, -0.2) is 4.98 Å². The highest BCUT2D eigenvalue weighted by Gasteiger charge is 2.26. The molecule has 1 aliphatic heterocycles. The van der Waals surface area contributed by atoms with Crippen LogP contribution >= 0.6 is 11.3 Å². The second kappa shape index (κ2) is 5.18. The van der Waals surface area contributed by atoms with Gasteiger partial charge in [0.05, 0.1) is 10.2 Å². The Kier molecular flexibility index (Phi) is 3.49. The zero-order valence-electron chi connectivity index (χ0n) is 12.4. The Balaban J connectivity index is 1.89. The highest BCUT2D eigenvalue weighted by Crippen LogP contribution is 2.38. The fraction of sp³-hybridized carbons (Fsp3) is 0.467. The van der Waals surface area contributed by atoms with E-state index in [1.807, 2.05) is 32.9 Å². The molecular formula is C15H18N2O3S. The number of rotatable bonds is 3. The molecule has 0 spiro atoms. The molecule has 0 bridgehead atoms. The molecule has 112 valence electrons. The topological polar surface area (TPSA) is 60.5 Å². The number of hydrogen-bond donors (Lipinski definition) is 1. The van der Waals surface area contributed by atoms with E-state index in [0.717, 1.165) is 22.4 Å². The van der Waals surface area contributed by atoms with Gasteiger partial charge in [-0.2, -0.15) is 0 Å². The van der Waals surface area contributed by atoms with Gasteiger partial charge in [-0.3, -0.25) is 4.79 Å². The number of nitrogens with zero attached hydrogens (tertiary/aromatic N) is 1. The Morgan fingerprint density at radius 3 is 2.67 bits per heavy atom. The van der Waals surface area contributed by atoms with E-state index < -0.39 is 5.41 Å². The summed E-state index contributed by atoms with van der Waals surface area (Å²) in [5, 5.41) is 3.51. The van der Waals surface area contributed by atoms with Gasteiger partial charge in [-0.1, -0.05) is 32.1 Å². The van der Waals surface area contributed by atoms with Crippen molar-refractivity contribution in [3.05, 3.63) is 12.1 Å². The van der Waals surface area contributed by atoms with Crippen molar-refractivity contribution in [2.45, 2.75) is 27.2 Å². The minimum absolute atomic E-state index is 0.0127. The first-order chi connectivity index (χ1) is 9.99. The molecule has 1 N–H and O–H groups in total. The van der Waals surface area contributed by atoms with Crippen molar-refractivity contribution in [2.24, 2.45) is 5.41 Å². The van der Waals surface area contributed by atoms with Crippen LogP contribution in [0.4, 0.5) is 5.13 Å². The molecule has 0 saturated carbocycles. The van der Waals surface area contributed by atoms with E-state index in [2.05, 4.69) is 10.3 Å². The van der Waals surface area contributed by atoms with Gasteiger partial charge in [-0.05, 0) is 6.42 Å². The predicted octanol–water partition coefficient (Wildman–Crippen LogP) is 3.44. The molecule has 0 radical (unpaired) electrons. The zero-order valence-corrected chi connectivity index (χ0v) is 13.2. The molecule has 5 nitrogen and oxygen atoms in total. The first-order valence-electron chi connectivity index (χ1n) is 7.01. The van der Waals surface area contributed by atoms with Crippen molar-refractivity contribution in [3.63, 3.8) is 0 Å². The van der Waals surface area contributed by atoms with Crippen molar-refractivity contribution < 1.29 is 14.3 Å². The molecule has 6 heteroatoms. The minimum atomic E-state index is -0.399. The van der Waals surface area contributed by atoms with Crippen LogP contribution in [0.25, 0.3) is 10.2 Å². The van der Waals surface area contributed by atoms with Crippen molar-refractivity contribution in [1.29, 1.82) is 0 Å². The normalized spacial score (nSPS) is 14.2. The summed E-state index contributed by atoms with van der Waals surface area (Å²) in [5.41, 5.74) is 0.414. The van der Waals surface area contributed by atoms with Crippen LogP contribution in [0.5, 0.6) is 11.5 Å². The number of thiazole rings is 1. The number of carbonyl (C=O) groups is 1. The van der Waals surface area contributed by atoms with Crippen molar-refractivity contribution in [3.8, 4) is 11.5 Å². The van der Waals surface area contributed by atoms with Gasteiger partial charge < -0.3 is 14.8 Å². The Bertz CT molecular complexity index is 651. The Morgan fingerprint density at radius 1 is 1.33 bits per heavy atom. The standard InChI is InChI=1S/C15H18N2O3S/c1-4-15(2,3)13(18)17-14-16-9-7-10-11(8-12(9)21-14)20-6-5-19-10/h7-8H,4-6H2,1-3H3,(H,16,17,18). The van der Waals surface area contributed by atoms with Crippen molar-refractivity contribution in [2.75, 3.05) is 18.5 Å². The fourth-order valence-corrected chi connectivity index (χ4v) is 2.82. The molecule has 2 heterocycles. The van der Waals surface area contributed by atoms with Gasteiger partial charge in [0.25, 0.3) is 0 Å². The highest BCUT2D eigenvalue weighted by molar-refractivity contribution is 7.22. The number of carbonyl (C=O) groups excluding carboxylic acids is 1. The number of anilines is 1. The lowest BCUT2D eigenvalue weighted by atomic mass is 9.89. The number of amides is 1. The molecule has 1 amide bonds. The van der Waals surface area contributed by atoms with Gasteiger partial charge in [0.15, 0.2) is 16.6 Å². The van der Waals surface area contributed by atoms with Crippen molar-refractivity contribution >= 4 is 32.6 Å². The number of fused-ring (bicyclic) bond motifs is 2. The third kappa shape index (κ3) is 2.68. The molecule has 0 unspecified atom stereocenters. The molecule has 3 rings (SSSR count). The monoisotopic (exact) mass is 306 g/mol. The lowest BCUT2D eigenvalue weighted by Crippen LogP contribution is -2.29. The quantitative estimate of drug-likeness (QED) is 0.943. The first-order valence-corrected chi connectivity index (χ1v) is 7.83. The van der Waals surface area contributed by atoms with Crippen LogP contribution in [0.3, 0.4) is 0 Å². The van der Waals surface area contributed by atoms with E-state index in [4.69, 9.17) is 9.47 Å². The number of hydrogen-bond acceptors (Lipinski definition) is 5. The maximum Gasteiger partial charge on any atom is 0.231 e. The average molecular weight is 306 g/mol. The number of nitrogens with one attached hydrogen (secondary N) is 1. The fourth-order valence-electron chi connectivity index (χ4n) is 1.95. The van der Waals surface area contributed by atoms with Crippen LogP contribution in [0, 0.1) is 5.41 Å². The van der Waals surface area contributed by atoms with Gasteiger partial charge in [0.2, 0.25) is 5.91 Å². The number of benzene rings is 1. The van der Waals surface area contributed by atoms with Gasteiger partial charge in [0, 0.05) is 17.5 Å². The molecule has 1 aromatic carbocycles.